The van der Waals surface area contributed by atoms with Crippen molar-refractivity contribution in [2.45, 2.75) is 47.4 Å². The molecule has 0 radical (unpaired) electrons. The second-order valence-electron chi connectivity index (χ2n) is 7.36. The van der Waals surface area contributed by atoms with Gasteiger partial charge in [0.2, 0.25) is 15.7 Å². The van der Waals surface area contributed by atoms with E-state index in [9.17, 15) is 18.0 Å². The summed E-state index contributed by atoms with van der Waals surface area (Å²) in [6.07, 6.45) is 1.51. The van der Waals surface area contributed by atoms with Crippen LogP contribution in [0.3, 0.4) is 0 Å². The van der Waals surface area contributed by atoms with Crippen LogP contribution in [0.4, 0.5) is 5.69 Å². The molecule has 3 rings (SSSR count). The number of H-pyrrole nitrogens is 1. The van der Waals surface area contributed by atoms with E-state index in [2.05, 4.69) is 15.3 Å². The predicted molar refractivity (Wildman–Crippen MR) is 128 cm³/mol. The highest BCUT2D eigenvalue weighted by Gasteiger charge is 2.24. The number of ether oxygens (including phenoxy) is 1. The van der Waals surface area contributed by atoms with E-state index in [1.807, 2.05) is 13.8 Å². The Kier molecular flexibility index (Phi) is 7.60. The van der Waals surface area contributed by atoms with Crippen LogP contribution in [0.1, 0.15) is 24.5 Å². The second kappa shape index (κ2) is 10.2. The molecule has 0 aliphatic carbocycles. The molecule has 0 saturated carbocycles. The molecule has 1 unspecified atom stereocenters. The Labute approximate surface area is 196 Å². The molecular weight excluding hydrogens is 462 g/mol. The number of hydrogen-bond acceptors (Lipinski definition) is 7. The fourth-order valence-corrected chi connectivity index (χ4v) is 5.17. The van der Waals surface area contributed by atoms with Crippen molar-refractivity contribution < 1.29 is 17.9 Å². The van der Waals surface area contributed by atoms with Crippen LogP contribution in [-0.4, -0.2) is 36.7 Å². The van der Waals surface area contributed by atoms with Gasteiger partial charge in [-0.3, -0.25) is 9.59 Å². The number of amides is 1. The summed E-state index contributed by atoms with van der Waals surface area (Å²) < 4.78 is 31.0. The van der Waals surface area contributed by atoms with Crippen molar-refractivity contribution in [3.05, 3.63) is 70.1 Å². The molecule has 174 valence electrons. The van der Waals surface area contributed by atoms with Gasteiger partial charge in [-0.15, -0.1) is 0 Å². The molecule has 1 amide bonds. The van der Waals surface area contributed by atoms with Crippen molar-refractivity contribution in [1.29, 1.82) is 0 Å². The Morgan fingerprint density at radius 3 is 2.42 bits per heavy atom. The molecule has 0 saturated heterocycles. The first-order valence-corrected chi connectivity index (χ1v) is 12.5. The van der Waals surface area contributed by atoms with Crippen molar-refractivity contribution >= 4 is 33.2 Å². The van der Waals surface area contributed by atoms with E-state index in [1.54, 1.807) is 44.4 Å². The third-order valence-electron chi connectivity index (χ3n) is 5.10. The van der Waals surface area contributed by atoms with E-state index in [0.717, 1.165) is 29.1 Å². The lowest BCUT2D eigenvalue weighted by Gasteiger charge is -2.14. The van der Waals surface area contributed by atoms with Crippen LogP contribution in [-0.2, 0) is 14.6 Å². The van der Waals surface area contributed by atoms with Crippen LogP contribution in [0.5, 0.6) is 5.75 Å². The number of anilines is 1. The van der Waals surface area contributed by atoms with Gasteiger partial charge in [-0.05, 0) is 67.8 Å². The molecule has 3 aromatic rings. The van der Waals surface area contributed by atoms with Gasteiger partial charge >= 0.3 is 0 Å². The number of carbonyl (C=O) groups excluding carboxylic acids is 1. The van der Waals surface area contributed by atoms with E-state index in [4.69, 9.17) is 4.74 Å². The van der Waals surface area contributed by atoms with E-state index in [0.29, 0.717) is 17.9 Å². The zero-order valence-corrected chi connectivity index (χ0v) is 20.3. The van der Waals surface area contributed by atoms with Gasteiger partial charge in [-0.2, -0.15) is 0 Å². The highest BCUT2D eigenvalue weighted by molar-refractivity contribution is 8.00. The normalized spacial score (nSPS) is 12.2. The molecule has 2 N–H and O–H groups in total. The molecule has 1 heterocycles. The first-order chi connectivity index (χ1) is 15.6. The highest BCUT2D eigenvalue weighted by Crippen LogP contribution is 2.25. The molecule has 0 aliphatic rings. The lowest BCUT2D eigenvalue weighted by Crippen LogP contribution is -2.26. The Bertz CT molecular complexity index is 1320. The average Bonchev–Trinajstić information content (AvgIpc) is 2.79. The van der Waals surface area contributed by atoms with Gasteiger partial charge in [0.25, 0.3) is 5.56 Å². The summed E-state index contributed by atoms with van der Waals surface area (Å²) in [6, 6.07) is 11.6. The van der Waals surface area contributed by atoms with Crippen LogP contribution < -0.4 is 15.6 Å². The van der Waals surface area contributed by atoms with E-state index >= 15 is 0 Å². The molecule has 0 bridgehead atoms. The van der Waals surface area contributed by atoms with Crippen LogP contribution in [0.2, 0.25) is 0 Å². The summed E-state index contributed by atoms with van der Waals surface area (Å²) >= 11 is 1.06. The van der Waals surface area contributed by atoms with Crippen LogP contribution in [0.15, 0.2) is 68.4 Å². The third-order valence-corrected chi connectivity index (χ3v) is 8.10. The fourth-order valence-electron chi connectivity index (χ4n) is 2.98. The number of methoxy groups -OCH3 is 1. The van der Waals surface area contributed by atoms with E-state index < -0.39 is 25.5 Å². The number of nitrogens with zero attached hydrogens (tertiary/aromatic N) is 1. The fraction of sp³-hybridized carbons (Fsp3) is 0.261. The van der Waals surface area contributed by atoms with E-state index in [1.165, 1.54) is 12.1 Å². The smallest absolute Gasteiger partial charge is 0.270 e. The molecule has 0 spiro atoms. The van der Waals surface area contributed by atoms with E-state index in [-0.39, 0.29) is 16.0 Å². The van der Waals surface area contributed by atoms with Crippen molar-refractivity contribution in [2.24, 2.45) is 0 Å². The SMILES string of the molecule is CCC(Sc1ncc(S(=O)(=O)c2ccc(C)c(C)c2)c(=O)[nH]1)C(=O)Nc1ccc(OC)cc1. The molecule has 1 aromatic heterocycles. The van der Waals surface area contributed by atoms with Crippen molar-refractivity contribution in [3.63, 3.8) is 0 Å². The molecular formula is C23H25N3O5S2. The van der Waals surface area contributed by atoms with Gasteiger partial charge in [-0.1, -0.05) is 24.8 Å². The van der Waals surface area contributed by atoms with Crippen molar-refractivity contribution in [2.75, 3.05) is 12.4 Å². The molecule has 10 heteroatoms. The average molecular weight is 488 g/mol. The molecule has 8 nitrogen and oxygen atoms in total. The number of sulfone groups is 1. The Hall–Kier alpha value is -3.11. The largest absolute Gasteiger partial charge is 0.497 e. The lowest BCUT2D eigenvalue weighted by molar-refractivity contribution is -0.115. The monoisotopic (exact) mass is 487 g/mol. The first-order valence-electron chi connectivity index (χ1n) is 10.2. The van der Waals surface area contributed by atoms with Crippen molar-refractivity contribution in [1.82, 2.24) is 9.97 Å². The standard InChI is InChI=1S/C23H25N3O5S2/c1-5-19(21(27)25-16-7-9-17(31-4)10-8-16)32-23-24-13-20(22(28)26-23)33(29,30)18-11-6-14(2)15(3)12-18/h6-13,19H,5H2,1-4H3,(H,25,27)(H,24,26,28). The topological polar surface area (TPSA) is 118 Å². The summed E-state index contributed by atoms with van der Waals surface area (Å²) in [5.74, 6) is 0.411. The molecule has 1 atom stereocenters. The van der Waals surface area contributed by atoms with Crippen LogP contribution in [0.25, 0.3) is 0 Å². The maximum Gasteiger partial charge on any atom is 0.270 e. The number of aryl methyl sites for hydroxylation is 2. The minimum absolute atomic E-state index is 0.0311. The number of nitrogens with one attached hydrogen (secondary N) is 2. The highest BCUT2D eigenvalue weighted by atomic mass is 32.2. The summed E-state index contributed by atoms with van der Waals surface area (Å²) in [5, 5.41) is 2.43. The zero-order chi connectivity index (χ0) is 24.2. The third kappa shape index (κ3) is 5.63. The number of carbonyl (C=O) groups is 1. The molecule has 33 heavy (non-hydrogen) atoms. The Morgan fingerprint density at radius 1 is 1.15 bits per heavy atom. The maximum atomic E-state index is 12.9. The maximum absolute atomic E-state index is 12.9. The number of hydrogen-bond donors (Lipinski definition) is 2. The summed E-state index contributed by atoms with van der Waals surface area (Å²) in [4.78, 5) is 31.5. The van der Waals surface area contributed by atoms with Crippen molar-refractivity contribution in [3.8, 4) is 5.75 Å². The van der Waals surface area contributed by atoms with Gasteiger partial charge in [0.05, 0.1) is 23.5 Å². The number of thioether (sulfide) groups is 1. The molecule has 0 aliphatic heterocycles. The number of aromatic amines is 1. The van der Waals surface area contributed by atoms with Crippen LogP contribution in [0, 0.1) is 13.8 Å². The van der Waals surface area contributed by atoms with Crippen LogP contribution >= 0.6 is 11.8 Å². The Morgan fingerprint density at radius 2 is 1.85 bits per heavy atom. The van der Waals surface area contributed by atoms with Gasteiger partial charge in [-0.25, -0.2) is 13.4 Å². The lowest BCUT2D eigenvalue weighted by atomic mass is 10.1. The van der Waals surface area contributed by atoms with Gasteiger partial charge < -0.3 is 15.0 Å². The van der Waals surface area contributed by atoms with Gasteiger partial charge in [0.1, 0.15) is 5.75 Å². The zero-order valence-electron chi connectivity index (χ0n) is 18.7. The quantitative estimate of drug-likeness (QED) is 0.367. The molecule has 0 fully saturated rings. The summed E-state index contributed by atoms with van der Waals surface area (Å²) in [5.41, 5.74) is 1.58. The number of rotatable bonds is 8. The molecule has 2 aromatic carbocycles. The second-order valence-corrected chi connectivity index (χ2v) is 10.5. The summed E-state index contributed by atoms with van der Waals surface area (Å²) in [7, 11) is -2.47. The minimum Gasteiger partial charge on any atom is -0.497 e. The predicted octanol–water partition coefficient (Wildman–Crippen LogP) is 3.74. The summed E-state index contributed by atoms with van der Waals surface area (Å²) in [6.45, 7) is 5.52. The Balaban J connectivity index is 1.78. The number of aromatic nitrogens is 2. The van der Waals surface area contributed by atoms with Gasteiger partial charge in [0, 0.05) is 5.69 Å². The first kappa shape index (κ1) is 24.5. The minimum atomic E-state index is -4.03. The van der Waals surface area contributed by atoms with Gasteiger partial charge in [0.15, 0.2) is 10.1 Å². The number of benzene rings is 2.